The number of rotatable bonds is 7. The molecule has 0 N–H and O–H groups in total. The number of carbonyl (C=O) groups is 2. The van der Waals surface area contributed by atoms with Crippen LogP contribution in [-0.2, 0) is 19.0 Å². The van der Waals surface area contributed by atoms with Gasteiger partial charge >= 0.3 is 12.1 Å². The fourth-order valence-electron chi connectivity index (χ4n) is 6.05. The number of benzene rings is 1. The normalized spacial score (nSPS) is 24.2. The van der Waals surface area contributed by atoms with Gasteiger partial charge in [0.25, 0.3) is 0 Å². The first-order valence-electron chi connectivity index (χ1n) is 15.3. The van der Waals surface area contributed by atoms with Gasteiger partial charge in [-0.1, -0.05) is 18.2 Å². The molecular formula is C32H42N4O7. The minimum atomic E-state index is -0.531. The molecule has 0 bridgehead atoms. The number of ether oxygens (including phenoxy) is 4. The molecule has 11 heteroatoms. The van der Waals surface area contributed by atoms with E-state index in [1.54, 1.807) is 28.3 Å². The van der Waals surface area contributed by atoms with Gasteiger partial charge in [-0.15, -0.1) is 5.06 Å². The Hall–Kier alpha value is -3.41. The maximum Gasteiger partial charge on any atom is 0.410 e. The van der Waals surface area contributed by atoms with E-state index in [9.17, 15) is 9.59 Å². The number of carbonyl (C=O) groups excluding carboxylic acids is 2. The molecule has 1 amide bonds. The first-order chi connectivity index (χ1) is 20.7. The summed E-state index contributed by atoms with van der Waals surface area (Å²) < 4.78 is 23.8. The third-order valence-electron chi connectivity index (χ3n) is 8.42. The van der Waals surface area contributed by atoms with Crippen LogP contribution in [0.5, 0.6) is 5.88 Å². The zero-order chi connectivity index (χ0) is 30.0. The third kappa shape index (κ3) is 7.05. The standard InChI is InChI=1S/C32H42N4O7/c1-31(2,3)42-30(38)34-15-16-36(32(20-34)21-39-22-32)24-9-12-33-28(17-24)41-27-18-26(19-27)40-25-10-13-35(14-11-25)43-29(37)23-7-5-4-6-8-23/h4-9,12,17,25-27H,10-11,13-16,18-22H2,1-3H3. The Balaban J connectivity index is 0.948. The molecule has 4 aliphatic rings. The molecule has 4 fully saturated rings. The highest BCUT2D eigenvalue weighted by atomic mass is 16.7. The molecule has 0 unspecified atom stereocenters. The number of hydroxylamine groups is 2. The summed E-state index contributed by atoms with van der Waals surface area (Å²) >= 11 is 0. The number of piperidine rings is 1. The minimum absolute atomic E-state index is 0.0599. The van der Waals surface area contributed by atoms with Crippen LogP contribution in [0, 0.1) is 0 Å². The SMILES string of the molecule is CC(C)(C)OC(=O)N1CCN(c2ccnc(OC3CC(OC4CCN(OC(=O)c5ccccc5)CC4)C3)c2)C2(COC2)C1. The number of amides is 1. The first-order valence-corrected chi connectivity index (χ1v) is 15.3. The van der Waals surface area contributed by atoms with Crippen molar-refractivity contribution in [1.82, 2.24) is 14.9 Å². The Morgan fingerprint density at radius 2 is 1.70 bits per heavy atom. The molecule has 0 radical (unpaired) electrons. The van der Waals surface area contributed by atoms with Gasteiger partial charge in [0, 0.05) is 57.0 Å². The molecule has 43 heavy (non-hydrogen) atoms. The van der Waals surface area contributed by atoms with Crippen molar-refractivity contribution < 1.29 is 33.4 Å². The van der Waals surface area contributed by atoms with E-state index in [0.717, 1.165) is 31.4 Å². The van der Waals surface area contributed by atoms with E-state index in [1.165, 1.54) is 0 Å². The average molecular weight is 595 g/mol. The molecule has 0 atom stereocenters. The zero-order valence-corrected chi connectivity index (χ0v) is 25.3. The lowest BCUT2D eigenvalue weighted by Gasteiger charge is -2.55. The van der Waals surface area contributed by atoms with Crippen molar-refractivity contribution >= 4 is 17.7 Å². The molecule has 1 aromatic heterocycles. The second-order valence-corrected chi connectivity index (χ2v) is 13.0. The van der Waals surface area contributed by atoms with Crippen LogP contribution < -0.4 is 9.64 Å². The highest BCUT2D eigenvalue weighted by Crippen LogP contribution is 2.36. The fraction of sp³-hybridized carbons (Fsp3) is 0.594. The molecule has 11 nitrogen and oxygen atoms in total. The van der Waals surface area contributed by atoms with Crippen molar-refractivity contribution in [3.63, 3.8) is 0 Å². The van der Waals surface area contributed by atoms with E-state index in [2.05, 4.69) is 9.88 Å². The van der Waals surface area contributed by atoms with E-state index in [1.807, 2.05) is 51.1 Å². The van der Waals surface area contributed by atoms with Gasteiger partial charge in [0.05, 0.1) is 37.5 Å². The lowest BCUT2D eigenvalue weighted by molar-refractivity contribution is -0.161. The van der Waals surface area contributed by atoms with Crippen LogP contribution in [0.2, 0.25) is 0 Å². The molecule has 4 heterocycles. The highest BCUT2D eigenvalue weighted by molar-refractivity contribution is 5.89. The molecule has 2 aromatic rings. The van der Waals surface area contributed by atoms with Crippen LogP contribution in [0.15, 0.2) is 48.7 Å². The van der Waals surface area contributed by atoms with Crippen molar-refractivity contribution in [2.75, 3.05) is 50.8 Å². The van der Waals surface area contributed by atoms with E-state index in [0.29, 0.717) is 57.4 Å². The van der Waals surface area contributed by atoms with Crippen LogP contribution >= 0.6 is 0 Å². The largest absolute Gasteiger partial charge is 0.474 e. The summed E-state index contributed by atoms with van der Waals surface area (Å²) in [6.07, 6.45) is 5.15. The van der Waals surface area contributed by atoms with E-state index >= 15 is 0 Å². The topological polar surface area (TPSA) is 103 Å². The van der Waals surface area contributed by atoms with Crippen molar-refractivity contribution in [3.05, 3.63) is 54.2 Å². The molecule has 3 saturated heterocycles. The lowest BCUT2D eigenvalue weighted by atomic mass is 9.90. The molecule has 1 aliphatic carbocycles. The maximum atomic E-state index is 12.7. The Morgan fingerprint density at radius 1 is 0.953 bits per heavy atom. The number of nitrogens with zero attached hydrogens (tertiary/aromatic N) is 4. The quantitative estimate of drug-likeness (QED) is 0.466. The Morgan fingerprint density at radius 3 is 2.37 bits per heavy atom. The molecule has 1 aromatic carbocycles. The van der Waals surface area contributed by atoms with Gasteiger partial charge in [0.1, 0.15) is 17.2 Å². The molecule has 3 aliphatic heterocycles. The van der Waals surface area contributed by atoms with Gasteiger partial charge in [-0.25, -0.2) is 14.6 Å². The summed E-state index contributed by atoms with van der Waals surface area (Å²) in [6, 6.07) is 13.0. The average Bonchev–Trinajstić information content (AvgIpc) is 2.95. The van der Waals surface area contributed by atoms with Gasteiger partial charge < -0.3 is 33.6 Å². The first kappa shape index (κ1) is 29.7. The van der Waals surface area contributed by atoms with Gasteiger partial charge in [-0.2, -0.15) is 0 Å². The summed E-state index contributed by atoms with van der Waals surface area (Å²) in [4.78, 5) is 39.2. The second-order valence-electron chi connectivity index (χ2n) is 13.0. The highest BCUT2D eigenvalue weighted by Gasteiger charge is 2.49. The smallest absolute Gasteiger partial charge is 0.410 e. The van der Waals surface area contributed by atoms with Crippen LogP contribution in [0.3, 0.4) is 0 Å². The predicted molar refractivity (Wildman–Crippen MR) is 158 cm³/mol. The van der Waals surface area contributed by atoms with Crippen LogP contribution in [0.4, 0.5) is 10.5 Å². The summed E-state index contributed by atoms with van der Waals surface area (Å²) in [5, 5.41) is 1.73. The number of hydrogen-bond donors (Lipinski definition) is 0. The van der Waals surface area contributed by atoms with Crippen LogP contribution in [-0.4, -0.2) is 102 Å². The zero-order valence-electron chi connectivity index (χ0n) is 25.3. The summed E-state index contributed by atoms with van der Waals surface area (Å²) in [7, 11) is 0. The predicted octanol–water partition coefficient (Wildman–Crippen LogP) is 4.07. The molecule has 1 saturated carbocycles. The summed E-state index contributed by atoms with van der Waals surface area (Å²) in [5.41, 5.74) is 0.762. The molecular weight excluding hydrogens is 552 g/mol. The number of piperazine rings is 1. The lowest BCUT2D eigenvalue weighted by Crippen LogP contribution is -2.72. The summed E-state index contributed by atoms with van der Waals surface area (Å²) in [5.74, 6) is 0.273. The molecule has 232 valence electrons. The van der Waals surface area contributed by atoms with Crippen molar-refractivity contribution in [2.45, 2.75) is 75.9 Å². The van der Waals surface area contributed by atoms with Gasteiger partial charge in [-0.05, 0) is 51.8 Å². The fourth-order valence-corrected chi connectivity index (χ4v) is 6.05. The Bertz CT molecular complexity index is 1270. The minimum Gasteiger partial charge on any atom is -0.474 e. The van der Waals surface area contributed by atoms with Gasteiger partial charge in [-0.3, -0.25) is 0 Å². The van der Waals surface area contributed by atoms with Crippen LogP contribution in [0.25, 0.3) is 0 Å². The van der Waals surface area contributed by atoms with Crippen molar-refractivity contribution in [2.24, 2.45) is 0 Å². The number of pyridine rings is 1. The van der Waals surface area contributed by atoms with Crippen molar-refractivity contribution in [3.8, 4) is 5.88 Å². The number of hydrogen-bond acceptors (Lipinski definition) is 10. The van der Waals surface area contributed by atoms with E-state index in [4.69, 9.17) is 23.8 Å². The molecule has 6 rings (SSSR count). The maximum absolute atomic E-state index is 12.7. The Labute approximate surface area is 252 Å². The van der Waals surface area contributed by atoms with E-state index in [-0.39, 0.29) is 35.9 Å². The second kappa shape index (κ2) is 12.3. The monoisotopic (exact) mass is 594 g/mol. The molecule has 1 spiro atoms. The van der Waals surface area contributed by atoms with Crippen LogP contribution in [0.1, 0.15) is 56.8 Å². The van der Waals surface area contributed by atoms with Gasteiger partial charge in [0.2, 0.25) is 5.88 Å². The van der Waals surface area contributed by atoms with E-state index < -0.39 is 5.60 Å². The van der Waals surface area contributed by atoms with Crippen molar-refractivity contribution in [1.29, 1.82) is 0 Å². The van der Waals surface area contributed by atoms with Gasteiger partial charge in [0.15, 0.2) is 0 Å². The Kier molecular flexibility index (Phi) is 8.48. The summed E-state index contributed by atoms with van der Waals surface area (Å²) in [6.45, 7) is 9.88. The number of anilines is 1. The number of aromatic nitrogens is 1. The third-order valence-corrected chi connectivity index (χ3v) is 8.42.